The first kappa shape index (κ1) is 15.8. The summed E-state index contributed by atoms with van der Waals surface area (Å²) in [6.45, 7) is 3.59. The normalized spacial score (nSPS) is 13.7. The van der Waals surface area contributed by atoms with E-state index in [2.05, 4.69) is 0 Å². The van der Waals surface area contributed by atoms with E-state index in [1.54, 1.807) is 24.4 Å². The van der Waals surface area contributed by atoms with Crippen molar-refractivity contribution < 1.29 is 14.9 Å². The van der Waals surface area contributed by atoms with Gasteiger partial charge in [-0.25, -0.2) is 4.79 Å². The van der Waals surface area contributed by atoms with E-state index in [0.29, 0.717) is 10.0 Å². The van der Waals surface area contributed by atoms with E-state index in [9.17, 15) is 9.59 Å². The van der Waals surface area contributed by atoms with Crippen LogP contribution in [0.2, 0.25) is 10.0 Å². The lowest BCUT2D eigenvalue weighted by atomic mass is 10.1. The molecule has 1 aromatic rings. The number of imide groups is 1. The Balaban J connectivity index is 2.71. The smallest absolute Gasteiger partial charge is 0.319 e. The zero-order valence-electron chi connectivity index (χ0n) is 10.6. The molecule has 0 aliphatic heterocycles. The third kappa shape index (κ3) is 4.70. The summed E-state index contributed by atoms with van der Waals surface area (Å²) < 4.78 is 0. The summed E-state index contributed by atoms with van der Waals surface area (Å²) >= 11 is 11.9. The molecule has 5 nitrogen and oxygen atoms in total. The molecule has 0 aromatic heterocycles. The van der Waals surface area contributed by atoms with Crippen LogP contribution in [0, 0.1) is 0 Å². The maximum Gasteiger partial charge on any atom is 0.319 e. The van der Waals surface area contributed by atoms with Crippen LogP contribution in [0.15, 0.2) is 18.2 Å². The Labute approximate surface area is 121 Å². The van der Waals surface area contributed by atoms with E-state index in [4.69, 9.17) is 28.9 Å². The lowest BCUT2D eigenvalue weighted by Crippen LogP contribution is -2.92. The molecular formula is C12H16Cl2N3O2+. The van der Waals surface area contributed by atoms with Gasteiger partial charge in [0.1, 0.15) is 6.04 Å². The van der Waals surface area contributed by atoms with Crippen LogP contribution in [0.4, 0.5) is 4.79 Å². The summed E-state index contributed by atoms with van der Waals surface area (Å²) in [4.78, 5) is 22.2. The number of nitrogens with one attached hydrogen (secondary N) is 1. The minimum Gasteiger partial charge on any atom is -0.351 e. The molecule has 0 saturated heterocycles. The highest BCUT2D eigenvalue weighted by atomic mass is 35.5. The highest BCUT2D eigenvalue weighted by Gasteiger charge is 2.22. The lowest BCUT2D eigenvalue weighted by Gasteiger charge is -2.17. The molecule has 0 aliphatic rings. The molecule has 0 saturated carbocycles. The molecule has 104 valence electrons. The number of nitrogens with two attached hydrogens (primary N) is 2. The third-order valence-corrected chi connectivity index (χ3v) is 3.25. The molecule has 0 heterocycles. The average molecular weight is 305 g/mol. The molecule has 0 fully saturated rings. The van der Waals surface area contributed by atoms with Gasteiger partial charge in [0, 0.05) is 10.6 Å². The number of quaternary nitrogens is 1. The van der Waals surface area contributed by atoms with Crippen molar-refractivity contribution in [2.45, 2.75) is 25.9 Å². The predicted molar refractivity (Wildman–Crippen MR) is 74.0 cm³/mol. The Hall–Kier alpha value is -1.30. The number of hydrogen-bond acceptors (Lipinski definition) is 2. The van der Waals surface area contributed by atoms with Crippen LogP contribution in [0.25, 0.3) is 0 Å². The summed E-state index contributed by atoms with van der Waals surface area (Å²) in [6, 6.07) is 3.82. The second-order valence-corrected chi connectivity index (χ2v) is 5.13. The molecule has 0 radical (unpaired) electrons. The van der Waals surface area contributed by atoms with Crippen LogP contribution >= 0.6 is 23.2 Å². The number of amides is 3. The predicted octanol–water partition coefficient (Wildman–Crippen LogP) is 1.20. The first-order valence-electron chi connectivity index (χ1n) is 5.71. The lowest BCUT2D eigenvalue weighted by molar-refractivity contribution is -0.710. The highest BCUT2D eigenvalue weighted by Crippen LogP contribution is 2.24. The van der Waals surface area contributed by atoms with E-state index < -0.39 is 18.0 Å². The number of hydrogen-bond donors (Lipinski definition) is 3. The number of rotatable bonds is 4. The fraction of sp³-hybridized carbons (Fsp3) is 0.333. The third-order valence-electron chi connectivity index (χ3n) is 2.69. The Kier molecular flexibility index (Phi) is 5.60. The van der Waals surface area contributed by atoms with E-state index in [0.717, 1.165) is 5.56 Å². The van der Waals surface area contributed by atoms with Gasteiger partial charge in [-0.2, -0.15) is 0 Å². The minimum absolute atomic E-state index is 0.0570. The average Bonchev–Trinajstić information content (AvgIpc) is 2.27. The molecule has 19 heavy (non-hydrogen) atoms. The monoisotopic (exact) mass is 304 g/mol. The maximum absolute atomic E-state index is 11.6. The summed E-state index contributed by atoms with van der Waals surface area (Å²) in [5.74, 6) is -0.440. The largest absolute Gasteiger partial charge is 0.351 e. The molecule has 0 aliphatic carbocycles. The topological polar surface area (TPSA) is 88.8 Å². The van der Waals surface area contributed by atoms with Crippen LogP contribution < -0.4 is 16.4 Å². The Morgan fingerprint density at radius 3 is 2.47 bits per heavy atom. The zero-order chi connectivity index (χ0) is 14.6. The van der Waals surface area contributed by atoms with Crippen molar-refractivity contribution in [3.05, 3.63) is 33.8 Å². The Bertz CT molecular complexity index is 494. The second-order valence-electron chi connectivity index (χ2n) is 4.29. The molecule has 3 amide bonds. The van der Waals surface area contributed by atoms with Crippen molar-refractivity contribution in [1.29, 1.82) is 0 Å². The van der Waals surface area contributed by atoms with Crippen LogP contribution in [0.3, 0.4) is 0 Å². The van der Waals surface area contributed by atoms with Gasteiger partial charge in [-0.15, -0.1) is 0 Å². The molecule has 0 spiro atoms. The molecule has 0 bridgehead atoms. The fourth-order valence-corrected chi connectivity index (χ4v) is 2.31. The zero-order valence-corrected chi connectivity index (χ0v) is 12.1. The number of urea groups is 1. The van der Waals surface area contributed by atoms with Crippen LogP contribution in [0.5, 0.6) is 0 Å². The van der Waals surface area contributed by atoms with Gasteiger partial charge in [-0.05, 0) is 26.0 Å². The molecule has 7 heteroatoms. The minimum atomic E-state index is -0.859. The van der Waals surface area contributed by atoms with Gasteiger partial charge in [0.15, 0.2) is 6.04 Å². The Morgan fingerprint density at radius 1 is 1.32 bits per heavy atom. The summed E-state index contributed by atoms with van der Waals surface area (Å²) in [5.41, 5.74) is 5.76. The van der Waals surface area contributed by atoms with Gasteiger partial charge in [0.05, 0.1) is 5.02 Å². The van der Waals surface area contributed by atoms with Crippen molar-refractivity contribution in [1.82, 2.24) is 5.32 Å². The van der Waals surface area contributed by atoms with Gasteiger partial charge in [0.25, 0.3) is 5.91 Å². The molecule has 0 unspecified atom stereocenters. The van der Waals surface area contributed by atoms with Crippen molar-refractivity contribution in [2.75, 3.05) is 0 Å². The number of carbonyl (C=O) groups excluding carboxylic acids is 2. The summed E-state index contributed by atoms with van der Waals surface area (Å²) in [5, 5.41) is 4.92. The molecule has 2 atom stereocenters. The van der Waals surface area contributed by atoms with E-state index in [1.807, 2.05) is 18.3 Å². The van der Waals surface area contributed by atoms with Crippen molar-refractivity contribution in [2.24, 2.45) is 5.73 Å². The van der Waals surface area contributed by atoms with Crippen LogP contribution in [-0.4, -0.2) is 18.0 Å². The van der Waals surface area contributed by atoms with E-state index in [-0.39, 0.29) is 6.04 Å². The van der Waals surface area contributed by atoms with Crippen LogP contribution in [-0.2, 0) is 4.79 Å². The number of halogens is 2. The molecule has 5 N–H and O–H groups in total. The van der Waals surface area contributed by atoms with E-state index in [1.165, 1.54) is 0 Å². The highest BCUT2D eigenvalue weighted by molar-refractivity contribution is 6.35. The maximum atomic E-state index is 11.6. The van der Waals surface area contributed by atoms with Crippen LogP contribution in [0.1, 0.15) is 25.5 Å². The van der Waals surface area contributed by atoms with Gasteiger partial charge in [-0.3, -0.25) is 10.1 Å². The summed E-state index contributed by atoms with van der Waals surface area (Å²) in [7, 11) is 0. The molecule has 1 rings (SSSR count). The van der Waals surface area contributed by atoms with Gasteiger partial charge in [0.2, 0.25) is 0 Å². The summed E-state index contributed by atoms with van der Waals surface area (Å²) in [6.07, 6.45) is 0. The second kappa shape index (κ2) is 6.75. The van der Waals surface area contributed by atoms with Crippen molar-refractivity contribution in [3.63, 3.8) is 0 Å². The van der Waals surface area contributed by atoms with Gasteiger partial charge in [-0.1, -0.05) is 29.3 Å². The number of benzene rings is 1. The number of carbonyl (C=O) groups is 2. The van der Waals surface area contributed by atoms with Crippen molar-refractivity contribution in [3.8, 4) is 0 Å². The SMILES string of the molecule is C[C@H]([NH2+][C@H](C)C(=O)NC(N)=O)c1ccc(Cl)cc1Cl. The van der Waals surface area contributed by atoms with Crippen molar-refractivity contribution >= 4 is 35.1 Å². The van der Waals surface area contributed by atoms with Gasteiger partial charge >= 0.3 is 6.03 Å². The van der Waals surface area contributed by atoms with Gasteiger partial charge < -0.3 is 11.1 Å². The van der Waals surface area contributed by atoms with E-state index >= 15 is 0 Å². The fourth-order valence-electron chi connectivity index (χ4n) is 1.73. The molecule has 1 aromatic carbocycles. The first-order valence-corrected chi connectivity index (χ1v) is 6.47. The Morgan fingerprint density at radius 2 is 1.95 bits per heavy atom. The number of primary amides is 1. The quantitative estimate of drug-likeness (QED) is 0.780. The molecular weight excluding hydrogens is 289 g/mol. The standard InChI is InChI=1S/C12H15Cl2N3O2/c1-6(9-4-3-8(13)5-10(9)14)16-7(2)11(18)17-12(15)19/h3-7,16H,1-2H3,(H3,15,17,18,19)/p+1/t6-,7+/m0/s1. The first-order chi connectivity index (χ1) is 8.81.